The monoisotopic (exact) mass is 423 g/mol. The molecule has 1 atom stereocenters. The van der Waals surface area contributed by atoms with Crippen LogP contribution in [0.4, 0.5) is 5.69 Å². The molecule has 0 bridgehead atoms. The van der Waals surface area contributed by atoms with Crippen LogP contribution in [-0.2, 0) is 4.79 Å². The molecule has 0 heterocycles. The topological polar surface area (TPSA) is 53.2 Å². The number of amides is 1. The van der Waals surface area contributed by atoms with Gasteiger partial charge in [0.25, 0.3) is 0 Å². The number of rotatable bonds is 9. The van der Waals surface area contributed by atoms with E-state index in [0.717, 1.165) is 31.4 Å². The zero-order valence-corrected chi connectivity index (χ0v) is 17.2. The molecule has 3 N–H and O–H groups in total. The van der Waals surface area contributed by atoms with Crippen molar-refractivity contribution in [1.29, 1.82) is 0 Å². The first-order valence-corrected chi connectivity index (χ1v) is 9.85. The molecule has 25 heavy (non-hydrogen) atoms. The van der Waals surface area contributed by atoms with E-state index in [9.17, 15) is 4.79 Å². The van der Waals surface area contributed by atoms with Crippen molar-refractivity contribution in [2.75, 3.05) is 5.32 Å². The van der Waals surface area contributed by atoms with E-state index in [1.54, 1.807) is 0 Å². The first-order valence-electron chi connectivity index (χ1n) is 8.31. The van der Waals surface area contributed by atoms with Crippen LogP contribution in [0.2, 0.25) is 0 Å². The van der Waals surface area contributed by atoms with Gasteiger partial charge in [0.05, 0.1) is 0 Å². The summed E-state index contributed by atoms with van der Waals surface area (Å²) in [5.74, 6) is -0.178. The van der Waals surface area contributed by atoms with E-state index in [-0.39, 0.29) is 11.0 Å². The van der Waals surface area contributed by atoms with E-state index < -0.39 is 9.96 Å². The van der Waals surface area contributed by atoms with E-state index in [2.05, 4.69) is 22.9 Å². The van der Waals surface area contributed by atoms with E-state index >= 15 is 0 Å². The van der Waals surface area contributed by atoms with Gasteiger partial charge in [0.15, 0.2) is 5.11 Å². The maximum absolute atomic E-state index is 12.1. The summed E-state index contributed by atoms with van der Waals surface area (Å²) in [4.78, 5) is 12.1. The number of hydrogen-bond donors (Lipinski definition) is 3. The lowest BCUT2D eigenvalue weighted by Crippen LogP contribution is -2.56. The molecular formula is C17H24Cl3N3OS. The van der Waals surface area contributed by atoms with Crippen molar-refractivity contribution >= 4 is 63.7 Å². The molecule has 0 radical (unpaired) electrons. The number of nitrogens with one attached hydrogen (secondary N) is 3. The fraction of sp³-hybridized carbons (Fsp3) is 0.529. The van der Waals surface area contributed by atoms with Crippen LogP contribution < -0.4 is 16.0 Å². The van der Waals surface area contributed by atoms with Crippen LogP contribution in [-0.4, -0.2) is 21.0 Å². The summed E-state index contributed by atoms with van der Waals surface area (Å²) >= 11 is 23.1. The highest BCUT2D eigenvalue weighted by molar-refractivity contribution is 7.80. The molecule has 0 aliphatic carbocycles. The smallest absolute Gasteiger partial charge is 0.228 e. The van der Waals surface area contributed by atoms with Crippen molar-refractivity contribution in [3.05, 3.63) is 30.3 Å². The lowest BCUT2D eigenvalue weighted by atomic mass is 10.1. The summed E-state index contributed by atoms with van der Waals surface area (Å²) in [5, 5.41) is 8.76. The molecular weight excluding hydrogens is 401 g/mol. The van der Waals surface area contributed by atoms with Crippen molar-refractivity contribution in [1.82, 2.24) is 10.6 Å². The summed E-state index contributed by atoms with van der Waals surface area (Å²) in [5.41, 5.74) is 0.797. The summed E-state index contributed by atoms with van der Waals surface area (Å²) in [6.45, 7) is 2.15. The van der Waals surface area contributed by atoms with Gasteiger partial charge in [-0.05, 0) is 30.8 Å². The number of para-hydroxylation sites is 1. The number of benzene rings is 1. The lowest BCUT2D eigenvalue weighted by Gasteiger charge is -2.27. The highest BCUT2D eigenvalue weighted by atomic mass is 35.6. The standard InChI is InChI=1S/C17H24Cl3N3OS/c1-2-3-4-5-9-12-14(24)22-15(17(18,19)20)23-16(25)21-13-10-7-6-8-11-13/h6-8,10-11,15H,2-5,9,12H2,1H3,(H,22,24)(H2,21,23,25)/t15-/m1/s1. The minimum absolute atomic E-state index is 0.178. The van der Waals surface area contributed by atoms with Crippen LogP contribution in [0.15, 0.2) is 30.3 Å². The molecule has 0 saturated heterocycles. The average molecular weight is 425 g/mol. The Kier molecular flexibility index (Phi) is 10.5. The fourth-order valence-electron chi connectivity index (χ4n) is 2.14. The molecule has 0 spiro atoms. The zero-order chi connectivity index (χ0) is 18.7. The maximum atomic E-state index is 12.1. The number of halogens is 3. The van der Waals surface area contributed by atoms with Crippen LogP contribution >= 0.6 is 47.0 Å². The predicted molar refractivity (Wildman–Crippen MR) is 111 cm³/mol. The minimum atomic E-state index is -1.74. The second-order valence-corrected chi connectivity index (χ2v) is 8.45. The molecule has 140 valence electrons. The number of anilines is 1. The first-order chi connectivity index (χ1) is 11.8. The Morgan fingerprint density at radius 2 is 1.72 bits per heavy atom. The normalized spacial score (nSPS) is 12.3. The highest BCUT2D eigenvalue weighted by Crippen LogP contribution is 2.29. The van der Waals surface area contributed by atoms with Crippen LogP contribution in [0, 0.1) is 0 Å². The zero-order valence-electron chi connectivity index (χ0n) is 14.2. The molecule has 8 heteroatoms. The molecule has 1 amide bonds. The SMILES string of the molecule is CCCCCCCC(=O)N[C@H](NC(=S)Nc1ccccc1)C(Cl)(Cl)Cl. The Hall–Kier alpha value is -0.750. The summed E-state index contributed by atoms with van der Waals surface area (Å²) < 4.78 is -1.74. The van der Waals surface area contributed by atoms with Gasteiger partial charge in [-0.1, -0.05) is 85.6 Å². The molecule has 0 fully saturated rings. The molecule has 0 saturated carbocycles. The van der Waals surface area contributed by atoms with Gasteiger partial charge < -0.3 is 16.0 Å². The number of alkyl halides is 3. The Morgan fingerprint density at radius 1 is 1.08 bits per heavy atom. The number of carbonyl (C=O) groups excluding carboxylic acids is 1. The highest BCUT2D eigenvalue weighted by Gasteiger charge is 2.34. The van der Waals surface area contributed by atoms with Crippen molar-refractivity contribution in [3.8, 4) is 0 Å². The Bertz CT molecular complexity index is 538. The van der Waals surface area contributed by atoms with Gasteiger partial charge in [-0.15, -0.1) is 0 Å². The van der Waals surface area contributed by atoms with Crippen LogP contribution in [0.25, 0.3) is 0 Å². The van der Waals surface area contributed by atoms with E-state index in [4.69, 9.17) is 47.0 Å². The predicted octanol–water partition coefficient (Wildman–Crippen LogP) is 5.15. The molecule has 0 unspecified atom stereocenters. The van der Waals surface area contributed by atoms with Crippen molar-refractivity contribution in [2.45, 2.75) is 55.4 Å². The molecule has 0 aliphatic rings. The van der Waals surface area contributed by atoms with Gasteiger partial charge in [-0.3, -0.25) is 4.79 Å². The van der Waals surface area contributed by atoms with E-state index in [1.165, 1.54) is 6.42 Å². The van der Waals surface area contributed by atoms with Gasteiger partial charge in [0, 0.05) is 12.1 Å². The Labute approximate surface area is 170 Å². The molecule has 0 aromatic heterocycles. The number of carbonyl (C=O) groups is 1. The first kappa shape index (κ1) is 22.3. The maximum Gasteiger partial charge on any atom is 0.228 e. The van der Waals surface area contributed by atoms with Gasteiger partial charge in [0.1, 0.15) is 6.17 Å². The van der Waals surface area contributed by atoms with Crippen molar-refractivity contribution < 1.29 is 4.79 Å². The second-order valence-electron chi connectivity index (χ2n) is 5.67. The van der Waals surface area contributed by atoms with Gasteiger partial charge in [0.2, 0.25) is 9.70 Å². The number of unbranched alkanes of at least 4 members (excludes halogenated alkanes) is 4. The van der Waals surface area contributed by atoms with Gasteiger partial charge >= 0.3 is 0 Å². The van der Waals surface area contributed by atoms with Crippen molar-refractivity contribution in [3.63, 3.8) is 0 Å². The fourth-order valence-corrected chi connectivity index (χ4v) is 2.70. The largest absolute Gasteiger partial charge is 0.339 e. The molecule has 1 aromatic rings. The van der Waals surface area contributed by atoms with Crippen LogP contribution in [0.5, 0.6) is 0 Å². The summed E-state index contributed by atoms with van der Waals surface area (Å²) in [6, 6.07) is 9.35. The quantitative estimate of drug-likeness (QED) is 0.222. The molecule has 4 nitrogen and oxygen atoms in total. The molecule has 0 aliphatic heterocycles. The third-order valence-electron chi connectivity index (χ3n) is 3.45. The summed E-state index contributed by atoms with van der Waals surface area (Å²) in [6.07, 6.45) is 4.76. The average Bonchev–Trinajstić information content (AvgIpc) is 2.54. The van der Waals surface area contributed by atoms with Crippen LogP contribution in [0.1, 0.15) is 45.4 Å². The van der Waals surface area contributed by atoms with E-state index in [1.807, 2.05) is 30.3 Å². The minimum Gasteiger partial charge on any atom is -0.339 e. The van der Waals surface area contributed by atoms with Crippen molar-refractivity contribution in [2.24, 2.45) is 0 Å². The van der Waals surface area contributed by atoms with Gasteiger partial charge in [-0.25, -0.2) is 0 Å². The third-order valence-corrected chi connectivity index (χ3v) is 4.32. The number of thiocarbonyl (C=S) groups is 1. The number of hydrogen-bond acceptors (Lipinski definition) is 2. The lowest BCUT2D eigenvalue weighted by molar-refractivity contribution is -0.122. The van der Waals surface area contributed by atoms with E-state index in [0.29, 0.717) is 6.42 Å². The van der Waals surface area contributed by atoms with Gasteiger partial charge in [-0.2, -0.15) is 0 Å². The summed E-state index contributed by atoms with van der Waals surface area (Å²) in [7, 11) is 0. The second kappa shape index (κ2) is 11.8. The Balaban J connectivity index is 2.48. The third kappa shape index (κ3) is 10.1. The van der Waals surface area contributed by atoms with Crippen LogP contribution in [0.3, 0.4) is 0 Å². The molecule has 1 aromatic carbocycles. The molecule has 1 rings (SSSR count). The Morgan fingerprint density at radius 3 is 2.32 bits per heavy atom.